The van der Waals surface area contributed by atoms with Crippen LogP contribution in [0, 0.1) is 5.92 Å². The third kappa shape index (κ3) is 2.94. The van der Waals surface area contributed by atoms with Crippen molar-refractivity contribution in [1.29, 1.82) is 0 Å². The molecule has 2 fully saturated rings. The lowest BCUT2D eigenvalue weighted by Crippen LogP contribution is -2.47. The van der Waals surface area contributed by atoms with Crippen LogP contribution in [0.1, 0.15) is 32.6 Å². The highest BCUT2D eigenvalue weighted by Gasteiger charge is 2.43. The predicted molar refractivity (Wildman–Crippen MR) is 60.9 cm³/mol. The van der Waals surface area contributed by atoms with Crippen LogP contribution in [-0.4, -0.2) is 42.4 Å². The molecule has 1 amide bonds. The van der Waals surface area contributed by atoms with Crippen molar-refractivity contribution >= 4 is 5.91 Å². The van der Waals surface area contributed by atoms with Gasteiger partial charge in [-0.1, -0.05) is 13.3 Å². The Bertz CT molecular complexity index is 296. The van der Waals surface area contributed by atoms with Gasteiger partial charge in [-0.3, -0.25) is 10.1 Å². The van der Waals surface area contributed by atoms with Crippen molar-refractivity contribution in [2.75, 3.05) is 19.6 Å². The van der Waals surface area contributed by atoms with Gasteiger partial charge in [0.1, 0.15) is 0 Å². The molecule has 0 bridgehead atoms. The van der Waals surface area contributed by atoms with Crippen molar-refractivity contribution in [3.8, 4) is 0 Å². The van der Waals surface area contributed by atoms with Gasteiger partial charge in [-0.05, 0) is 18.8 Å². The molecular formula is C12H20F2N2O. The molecule has 0 aromatic heterocycles. The number of hydrogen-bond acceptors (Lipinski definition) is 2. The van der Waals surface area contributed by atoms with Crippen molar-refractivity contribution in [3.05, 3.63) is 0 Å². The molecule has 3 nitrogen and oxygen atoms in total. The molecule has 17 heavy (non-hydrogen) atoms. The molecule has 2 aliphatic heterocycles. The summed E-state index contributed by atoms with van der Waals surface area (Å²) in [5, 5.41) is 2.64. The molecular weight excluding hydrogens is 226 g/mol. The smallest absolute Gasteiger partial charge is 0.262 e. The maximum atomic E-state index is 13.0. The number of hydrogen-bond donors (Lipinski definition) is 1. The highest BCUT2D eigenvalue weighted by molar-refractivity contribution is 5.82. The number of nitrogens with one attached hydrogen (secondary N) is 1. The number of rotatable bonds is 2. The number of nitrogens with zero attached hydrogens (tertiary/aromatic N) is 1. The topological polar surface area (TPSA) is 32.3 Å². The summed E-state index contributed by atoms with van der Waals surface area (Å²) in [5.41, 5.74) is 0. The van der Waals surface area contributed by atoms with E-state index in [4.69, 9.17) is 0 Å². The molecule has 2 saturated heterocycles. The van der Waals surface area contributed by atoms with Crippen LogP contribution < -0.4 is 5.32 Å². The van der Waals surface area contributed by atoms with Crippen LogP contribution in [0.5, 0.6) is 0 Å². The Balaban J connectivity index is 1.91. The lowest BCUT2D eigenvalue weighted by Gasteiger charge is -2.33. The maximum absolute atomic E-state index is 13.0. The van der Waals surface area contributed by atoms with Crippen molar-refractivity contribution in [1.82, 2.24) is 10.2 Å². The van der Waals surface area contributed by atoms with E-state index < -0.39 is 12.0 Å². The zero-order chi connectivity index (χ0) is 12.5. The third-order valence-electron chi connectivity index (χ3n) is 3.82. The Kier molecular flexibility index (Phi) is 3.66. The fourth-order valence-electron chi connectivity index (χ4n) is 2.71. The summed E-state index contributed by atoms with van der Waals surface area (Å²) in [6.07, 6.45) is 2.85. The number of likely N-dealkylation sites (tertiary alicyclic amines) is 1. The summed E-state index contributed by atoms with van der Waals surface area (Å²) >= 11 is 0. The number of piperidine rings is 1. The third-order valence-corrected chi connectivity index (χ3v) is 3.82. The van der Waals surface area contributed by atoms with Gasteiger partial charge >= 0.3 is 0 Å². The van der Waals surface area contributed by atoms with E-state index in [1.165, 1.54) is 0 Å². The largest absolute Gasteiger partial charge is 0.341 e. The zero-order valence-electron chi connectivity index (χ0n) is 10.2. The minimum absolute atomic E-state index is 0.139. The zero-order valence-corrected chi connectivity index (χ0v) is 10.2. The van der Waals surface area contributed by atoms with Gasteiger partial charge < -0.3 is 4.90 Å². The van der Waals surface area contributed by atoms with Gasteiger partial charge in [0.05, 0.1) is 12.6 Å². The van der Waals surface area contributed by atoms with E-state index in [0.29, 0.717) is 5.92 Å². The van der Waals surface area contributed by atoms with Crippen LogP contribution in [0.3, 0.4) is 0 Å². The Morgan fingerprint density at radius 1 is 1.53 bits per heavy atom. The standard InChI is InChI=1S/C12H20F2N2O/c1-2-9-4-3-5-16(7-9)11(17)10-6-12(13,14)8-15-10/h9-10,15H,2-8H2,1H3. The van der Waals surface area contributed by atoms with Gasteiger partial charge in [0.15, 0.2) is 0 Å². The van der Waals surface area contributed by atoms with Crippen molar-refractivity contribution in [2.24, 2.45) is 5.92 Å². The summed E-state index contributed by atoms with van der Waals surface area (Å²) in [4.78, 5) is 13.8. The van der Waals surface area contributed by atoms with E-state index >= 15 is 0 Å². The number of halogens is 2. The predicted octanol–water partition coefficient (Wildman–Crippen LogP) is 1.63. The van der Waals surface area contributed by atoms with E-state index in [-0.39, 0.29) is 18.9 Å². The molecule has 0 aromatic rings. The first-order chi connectivity index (χ1) is 8.02. The van der Waals surface area contributed by atoms with Gasteiger partial charge in [-0.2, -0.15) is 0 Å². The van der Waals surface area contributed by atoms with Crippen LogP contribution in [0.15, 0.2) is 0 Å². The molecule has 1 N–H and O–H groups in total. The van der Waals surface area contributed by atoms with E-state index in [1.807, 2.05) is 0 Å². The molecule has 2 aliphatic rings. The number of carbonyl (C=O) groups is 1. The van der Waals surface area contributed by atoms with Crippen LogP contribution in [0.25, 0.3) is 0 Å². The SMILES string of the molecule is CCC1CCCN(C(=O)C2CC(F)(F)CN2)C1. The fraction of sp³-hybridized carbons (Fsp3) is 0.917. The van der Waals surface area contributed by atoms with E-state index in [0.717, 1.165) is 32.4 Å². The summed E-state index contributed by atoms with van der Waals surface area (Å²) < 4.78 is 26.1. The summed E-state index contributed by atoms with van der Waals surface area (Å²) in [7, 11) is 0. The minimum Gasteiger partial charge on any atom is -0.341 e. The van der Waals surface area contributed by atoms with Gasteiger partial charge in [-0.25, -0.2) is 8.78 Å². The molecule has 98 valence electrons. The molecule has 2 heterocycles. The van der Waals surface area contributed by atoms with Crippen molar-refractivity contribution in [2.45, 2.75) is 44.6 Å². The quantitative estimate of drug-likeness (QED) is 0.803. The first-order valence-electron chi connectivity index (χ1n) is 6.42. The Morgan fingerprint density at radius 2 is 2.29 bits per heavy atom. The summed E-state index contributed by atoms with van der Waals surface area (Å²) in [6, 6.07) is -0.680. The molecule has 2 unspecified atom stereocenters. The highest BCUT2D eigenvalue weighted by Crippen LogP contribution is 2.27. The Hall–Kier alpha value is -0.710. The van der Waals surface area contributed by atoms with E-state index in [9.17, 15) is 13.6 Å². The number of carbonyl (C=O) groups excluding carboxylic acids is 1. The molecule has 0 aromatic carbocycles. The lowest BCUT2D eigenvalue weighted by molar-refractivity contribution is -0.135. The van der Waals surface area contributed by atoms with Crippen LogP contribution in [-0.2, 0) is 4.79 Å². The lowest BCUT2D eigenvalue weighted by atomic mass is 9.95. The molecule has 5 heteroatoms. The molecule has 2 rings (SSSR count). The van der Waals surface area contributed by atoms with E-state index in [1.54, 1.807) is 4.90 Å². The van der Waals surface area contributed by atoms with Crippen molar-refractivity contribution in [3.63, 3.8) is 0 Å². The molecule has 2 atom stereocenters. The molecule has 0 spiro atoms. The normalized spacial score (nSPS) is 32.8. The Labute approximate surface area is 101 Å². The average molecular weight is 246 g/mol. The highest BCUT2D eigenvalue weighted by atomic mass is 19.3. The second-order valence-electron chi connectivity index (χ2n) is 5.19. The monoisotopic (exact) mass is 246 g/mol. The molecule has 0 radical (unpaired) electrons. The second-order valence-corrected chi connectivity index (χ2v) is 5.19. The second kappa shape index (κ2) is 4.88. The van der Waals surface area contributed by atoms with E-state index in [2.05, 4.69) is 12.2 Å². The van der Waals surface area contributed by atoms with Gasteiger partial charge in [0.25, 0.3) is 5.92 Å². The first-order valence-corrected chi connectivity index (χ1v) is 6.42. The van der Waals surface area contributed by atoms with Crippen molar-refractivity contribution < 1.29 is 13.6 Å². The van der Waals surface area contributed by atoms with Gasteiger partial charge in [-0.15, -0.1) is 0 Å². The van der Waals surface area contributed by atoms with Crippen LogP contribution in [0.2, 0.25) is 0 Å². The van der Waals surface area contributed by atoms with Gasteiger partial charge in [0.2, 0.25) is 5.91 Å². The minimum atomic E-state index is -2.72. The average Bonchev–Trinajstić information content (AvgIpc) is 2.69. The maximum Gasteiger partial charge on any atom is 0.262 e. The van der Waals surface area contributed by atoms with Crippen LogP contribution >= 0.6 is 0 Å². The first kappa shape index (κ1) is 12.7. The number of amides is 1. The van der Waals surface area contributed by atoms with Crippen LogP contribution in [0.4, 0.5) is 8.78 Å². The molecule has 0 aliphatic carbocycles. The fourth-order valence-corrected chi connectivity index (χ4v) is 2.71. The summed E-state index contributed by atoms with van der Waals surface area (Å²) in [5.74, 6) is -2.32. The molecule has 0 saturated carbocycles. The van der Waals surface area contributed by atoms with Gasteiger partial charge in [0, 0.05) is 19.5 Å². The summed E-state index contributed by atoms with van der Waals surface area (Å²) in [6.45, 7) is 3.20. The number of alkyl halides is 2. The Morgan fingerprint density at radius 3 is 2.88 bits per heavy atom.